The second-order valence-corrected chi connectivity index (χ2v) is 6.08. The summed E-state index contributed by atoms with van der Waals surface area (Å²) >= 11 is 0. The van der Waals surface area contributed by atoms with Gasteiger partial charge in [-0.25, -0.2) is 0 Å². The van der Waals surface area contributed by atoms with Crippen molar-refractivity contribution in [3.63, 3.8) is 0 Å². The molecule has 0 atom stereocenters. The molecule has 2 rings (SSSR count). The van der Waals surface area contributed by atoms with Gasteiger partial charge in [-0.3, -0.25) is 30.6 Å². The highest BCUT2D eigenvalue weighted by Crippen LogP contribution is 2.05. The van der Waals surface area contributed by atoms with E-state index in [-0.39, 0.29) is 0 Å². The molecule has 10 heteroatoms. The van der Waals surface area contributed by atoms with Gasteiger partial charge in [0.15, 0.2) is 12.4 Å². The summed E-state index contributed by atoms with van der Waals surface area (Å²) in [6.07, 6.45) is 14.2. The molecule has 0 bridgehead atoms. The van der Waals surface area contributed by atoms with Crippen LogP contribution < -0.4 is 21.3 Å². The highest BCUT2D eigenvalue weighted by atomic mass is 15.2. The van der Waals surface area contributed by atoms with Gasteiger partial charge in [0.2, 0.25) is 11.9 Å². The second kappa shape index (κ2) is 13.9. The Bertz CT molecular complexity index is 806. The second-order valence-electron chi connectivity index (χ2n) is 6.08. The Labute approximate surface area is 175 Å². The summed E-state index contributed by atoms with van der Waals surface area (Å²) in [6, 6.07) is 7.30. The number of hydrogen-bond acceptors (Lipinski definition) is 6. The molecule has 2 aromatic rings. The molecule has 0 aliphatic carbocycles. The third-order valence-corrected chi connectivity index (χ3v) is 3.80. The van der Waals surface area contributed by atoms with Gasteiger partial charge in [0.25, 0.3) is 0 Å². The normalized spacial score (nSPS) is 11.1. The lowest BCUT2D eigenvalue weighted by Crippen LogP contribution is -2.27. The van der Waals surface area contributed by atoms with Crippen molar-refractivity contribution >= 4 is 23.3 Å². The van der Waals surface area contributed by atoms with Gasteiger partial charge in [-0.1, -0.05) is 12.8 Å². The zero-order valence-corrected chi connectivity index (χ0v) is 16.5. The number of aliphatic imine (C=N–C) groups is 2. The largest absolute Gasteiger partial charge is 0.324 e. The van der Waals surface area contributed by atoms with Crippen LogP contribution in [-0.2, 0) is 0 Å². The number of anilines is 2. The molecule has 30 heavy (non-hydrogen) atoms. The molecule has 0 amide bonds. The van der Waals surface area contributed by atoms with E-state index in [4.69, 9.17) is 10.5 Å². The summed E-state index contributed by atoms with van der Waals surface area (Å²) in [5, 5.41) is 28.8. The highest BCUT2D eigenvalue weighted by molar-refractivity contribution is 5.94. The molecule has 4 N–H and O–H groups in total. The maximum atomic E-state index is 8.85. The van der Waals surface area contributed by atoms with E-state index in [9.17, 15) is 0 Å². The van der Waals surface area contributed by atoms with E-state index in [0.717, 1.165) is 37.1 Å². The Morgan fingerprint density at radius 1 is 0.767 bits per heavy atom. The summed E-state index contributed by atoms with van der Waals surface area (Å²) in [4.78, 5) is 16.8. The highest BCUT2D eigenvalue weighted by Gasteiger charge is 2.00. The molecule has 0 spiro atoms. The molecule has 2 aromatic heterocycles. The number of aromatic nitrogens is 2. The van der Waals surface area contributed by atoms with Gasteiger partial charge in [0.1, 0.15) is 0 Å². The summed E-state index contributed by atoms with van der Waals surface area (Å²) in [6.45, 7) is 1.20. The first-order valence-electron chi connectivity index (χ1n) is 9.55. The predicted octanol–water partition coefficient (Wildman–Crippen LogP) is 2.41. The molecular weight excluding hydrogens is 380 g/mol. The van der Waals surface area contributed by atoms with Gasteiger partial charge in [0, 0.05) is 25.5 Å². The molecule has 10 nitrogen and oxygen atoms in total. The van der Waals surface area contributed by atoms with Crippen LogP contribution in [0.4, 0.5) is 11.4 Å². The number of nitrogens with one attached hydrogen (secondary N) is 4. The Kier molecular flexibility index (Phi) is 10.3. The van der Waals surface area contributed by atoms with Crippen molar-refractivity contribution < 1.29 is 0 Å². The average molecular weight is 404 g/mol. The topological polar surface area (TPSA) is 146 Å². The number of rotatable bonds is 9. The minimum Gasteiger partial charge on any atom is -0.324 e. The number of guanidine groups is 2. The Balaban J connectivity index is 1.67. The predicted molar refractivity (Wildman–Crippen MR) is 116 cm³/mol. The molecule has 0 fully saturated rings. The van der Waals surface area contributed by atoms with Crippen molar-refractivity contribution in [3.8, 4) is 12.4 Å². The zero-order valence-electron chi connectivity index (χ0n) is 16.5. The van der Waals surface area contributed by atoms with Crippen LogP contribution in [0.1, 0.15) is 25.7 Å². The molecule has 0 saturated carbocycles. The van der Waals surface area contributed by atoms with Crippen LogP contribution >= 0.6 is 0 Å². The fraction of sp³-hybridized carbons (Fsp3) is 0.300. The van der Waals surface area contributed by atoms with Gasteiger partial charge in [-0.05, 0) is 37.1 Å². The van der Waals surface area contributed by atoms with Crippen molar-refractivity contribution in [1.29, 1.82) is 10.5 Å². The molecule has 0 saturated heterocycles. The number of unbranched alkanes of at least 4 members (excludes halogenated alkanes) is 3. The van der Waals surface area contributed by atoms with Crippen LogP contribution in [0.3, 0.4) is 0 Å². The van der Waals surface area contributed by atoms with Crippen molar-refractivity contribution in [2.45, 2.75) is 25.7 Å². The first-order chi connectivity index (χ1) is 14.8. The fourth-order valence-corrected chi connectivity index (χ4v) is 2.43. The molecule has 0 radical (unpaired) electrons. The average Bonchev–Trinajstić information content (AvgIpc) is 2.77. The number of nitrogens with zero attached hydrogens (tertiary/aromatic N) is 6. The van der Waals surface area contributed by atoms with Gasteiger partial charge in [-0.15, -0.1) is 0 Å². The standard InChI is InChI=1S/C20H24N10/c21-15-27-19(29-17-7-5-9-23-13-17)25-11-3-1-2-4-12-26-20(28-16-22)30-18-8-6-10-24-14-18/h5-10,13-14H,1-4,11-12H2,(H2,25,27,29)(H2,26,28,30). The molecule has 0 aliphatic heterocycles. The van der Waals surface area contributed by atoms with E-state index in [1.807, 2.05) is 24.5 Å². The summed E-state index contributed by atoms with van der Waals surface area (Å²) < 4.78 is 0. The van der Waals surface area contributed by atoms with Crippen LogP contribution in [0, 0.1) is 22.9 Å². The van der Waals surface area contributed by atoms with Crippen LogP contribution in [-0.4, -0.2) is 35.0 Å². The van der Waals surface area contributed by atoms with Crippen molar-refractivity contribution in [2.75, 3.05) is 23.7 Å². The lowest BCUT2D eigenvalue weighted by molar-refractivity contribution is 0.653. The summed E-state index contributed by atoms with van der Waals surface area (Å²) in [5.74, 6) is 0.813. The van der Waals surface area contributed by atoms with E-state index in [2.05, 4.69) is 41.2 Å². The molecular formula is C20H24N10. The summed E-state index contributed by atoms with van der Waals surface area (Å²) in [5.41, 5.74) is 1.53. The van der Waals surface area contributed by atoms with E-state index in [1.165, 1.54) is 0 Å². The zero-order chi connectivity index (χ0) is 21.3. The third kappa shape index (κ3) is 9.15. The number of pyridine rings is 2. The first-order valence-corrected chi connectivity index (χ1v) is 9.55. The molecule has 0 unspecified atom stereocenters. The quantitative estimate of drug-likeness (QED) is 0.164. The molecule has 154 valence electrons. The van der Waals surface area contributed by atoms with Crippen LogP contribution in [0.15, 0.2) is 59.0 Å². The van der Waals surface area contributed by atoms with E-state index >= 15 is 0 Å². The van der Waals surface area contributed by atoms with E-state index in [1.54, 1.807) is 36.9 Å². The van der Waals surface area contributed by atoms with Crippen molar-refractivity contribution in [1.82, 2.24) is 20.6 Å². The molecule has 0 aromatic carbocycles. The third-order valence-electron chi connectivity index (χ3n) is 3.80. The number of hydrogen-bond donors (Lipinski definition) is 4. The molecule has 0 aliphatic rings. The Morgan fingerprint density at radius 2 is 1.23 bits per heavy atom. The van der Waals surface area contributed by atoms with Crippen LogP contribution in [0.25, 0.3) is 0 Å². The van der Waals surface area contributed by atoms with Crippen LogP contribution in [0.2, 0.25) is 0 Å². The maximum absolute atomic E-state index is 8.85. The monoisotopic (exact) mass is 404 g/mol. The summed E-state index contributed by atoms with van der Waals surface area (Å²) in [7, 11) is 0. The fourth-order valence-electron chi connectivity index (χ4n) is 2.43. The van der Waals surface area contributed by atoms with Crippen molar-refractivity contribution in [3.05, 3.63) is 49.1 Å². The smallest absolute Gasteiger partial charge is 0.209 e. The van der Waals surface area contributed by atoms with Crippen LogP contribution in [0.5, 0.6) is 0 Å². The first kappa shape index (κ1) is 22.1. The van der Waals surface area contributed by atoms with Gasteiger partial charge in [-0.2, -0.15) is 10.5 Å². The molecule has 2 heterocycles. The SMILES string of the molecule is N#CNC(=NCCCCCCN=C(NC#N)Nc1cccnc1)Nc1cccnc1. The lowest BCUT2D eigenvalue weighted by Gasteiger charge is -2.08. The number of nitriles is 2. The Hall–Kier alpha value is -4.18. The Morgan fingerprint density at radius 3 is 1.60 bits per heavy atom. The minimum absolute atomic E-state index is 0.406. The van der Waals surface area contributed by atoms with Gasteiger partial charge in [0.05, 0.1) is 23.8 Å². The van der Waals surface area contributed by atoms with Crippen molar-refractivity contribution in [2.24, 2.45) is 9.98 Å². The lowest BCUT2D eigenvalue weighted by atomic mass is 10.2. The van der Waals surface area contributed by atoms with Gasteiger partial charge < -0.3 is 10.6 Å². The van der Waals surface area contributed by atoms with Gasteiger partial charge >= 0.3 is 0 Å². The van der Waals surface area contributed by atoms with E-state index < -0.39 is 0 Å². The minimum atomic E-state index is 0.406. The van der Waals surface area contributed by atoms with E-state index in [0.29, 0.717) is 25.0 Å². The maximum Gasteiger partial charge on any atom is 0.209 e.